The maximum Gasteiger partial charge on any atom is 0.0893 e. The van der Waals surface area contributed by atoms with Gasteiger partial charge in [0.15, 0.2) is 0 Å². The van der Waals surface area contributed by atoms with Gasteiger partial charge in [-0.25, -0.2) is 0 Å². The Morgan fingerprint density at radius 3 is 2.81 bits per heavy atom. The molecule has 0 spiro atoms. The van der Waals surface area contributed by atoms with Crippen molar-refractivity contribution in [1.29, 1.82) is 0 Å². The third-order valence-electron chi connectivity index (χ3n) is 3.52. The van der Waals surface area contributed by atoms with Crippen molar-refractivity contribution in [2.75, 3.05) is 0 Å². The van der Waals surface area contributed by atoms with E-state index < -0.39 is 0 Å². The van der Waals surface area contributed by atoms with Crippen molar-refractivity contribution >= 4 is 11.5 Å². The van der Waals surface area contributed by atoms with Gasteiger partial charge in [-0.2, -0.15) is 0 Å². The van der Waals surface area contributed by atoms with Crippen molar-refractivity contribution in [1.82, 2.24) is 14.9 Å². The second-order valence-corrected chi connectivity index (χ2v) is 5.39. The third kappa shape index (κ3) is 3.52. The second kappa shape index (κ2) is 6.30. The van der Waals surface area contributed by atoms with Crippen molar-refractivity contribution in [3.63, 3.8) is 0 Å². The molecule has 4 heteroatoms. The number of nitrogens with one attached hydrogen (secondary N) is 1. The Balaban J connectivity index is 1.65. The van der Waals surface area contributed by atoms with E-state index >= 15 is 0 Å². The highest BCUT2D eigenvalue weighted by Gasteiger charge is 2.19. The van der Waals surface area contributed by atoms with E-state index in [-0.39, 0.29) is 0 Å². The van der Waals surface area contributed by atoms with Crippen LogP contribution in [-0.4, -0.2) is 15.6 Å². The molecular weight excluding hydrogens is 218 g/mol. The first-order valence-electron chi connectivity index (χ1n) is 6.37. The summed E-state index contributed by atoms with van der Waals surface area (Å²) in [5.74, 6) is 0.990. The Kier molecular flexibility index (Phi) is 4.72. The zero-order valence-electron chi connectivity index (χ0n) is 9.98. The molecule has 0 radical (unpaired) electrons. The van der Waals surface area contributed by atoms with Crippen molar-refractivity contribution in [3.05, 3.63) is 11.1 Å². The fraction of sp³-hybridized carbons (Fsp3) is 0.833. The molecule has 1 aromatic rings. The predicted molar refractivity (Wildman–Crippen MR) is 67.4 cm³/mol. The standard InChI is InChI=1S/C12H21N3S/c1-2-3-10-4-6-11(7-5-10)13-8-12-9-16-15-14-12/h9-11,13H,2-8H2,1H3. The van der Waals surface area contributed by atoms with Crippen molar-refractivity contribution in [2.45, 2.75) is 58.0 Å². The number of aromatic nitrogens is 2. The number of hydrogen-bond acceptors (Lipinski definition) is 4. The molecule has 0 aliphatic heterocycles. The molecule has 0 unspecified atom stereocenters. The highest BCUT2D eigenvalue weighted by atomic mass is 32.1. The highest BCUT2D eigenvalue weighted by Crippen LogP contribution is 2.27. The van der Waals surface area contributed by atoms with Gasteiger partial charge in [-0.05, 0) is 43.1 Å². The SMILES string of the molecule is CCCC1CCC(NCc2csnn2)CC1. The highest BCUT2D eigenvalue weighted by molar-refractivity contribution is 7.03. The van der Waals surface area contributed by atoms with Crippen LogP contribution in [0.1, 0.15) is 51.1 Å². The Hall–Kier alpha value is -0.480. The molecule has 1 N–H and O–H groups in total. The molecular formula is C12H21N3S. The van der Waals surface area contributed by atoms with Gasteiger partial charge in [-0.1, -0.05) is 24.3 Å². The molecule has 90 valence electrons. The summed E-state index contributed by atoms with van der Waals surface area (Å²) < 4.78 is 3.87. The first-order chi connectivity index (χ1) is 7.88. The lowest BCUT2D eigenvalue weighted by Crippen LogP contribution is -2.32. The molecule has 0 aromatic carbocycles. The average Bonchev–Trinajstić information content (AvgIpc) is 2.82. The summed E-state index contributed by atoms with van der Waals surface area (Å²) in [5.41, 5.74) is 1.08. The van der Waals surface area contributed by atoms with E-state index in [1.807, 2.05) is 5.38 Å². The lowest BCUT2D eigenvalue weighted by atomic mass is 9.83. The molecule has 1 heterocycles. The number of hydrogen-bond donors (Lipinski definition) is 1. The number of rotatable bonds is 5. The molecule has 2 rings (SSSR count). The Labute approximate surface area is 102 Å². The summed E-state index contributed by atoms with van der Waals surface area (Å²) in [5, 5.41) is 9.67. The molecule has 0 bridgehead atoms. The quantitative estimate of drug-likeness (QED) is 0.858. The van der Waals surface area contributed by atoms with Gasteiger partial charge >= 0.3 is 0 Å². The van der Waals surface area contributed by atoms with Crippen LogP contribution in [0.3, 0.4) is 0 Å². The molecule has 1 saturated carbocycles. The van der Waals surface area contributed by atoms with Gasteiger partial charge in [-0.15, -0.1) is 5.10 Å². The average molecular weight is 239 g/mol. The molecule has 0 saturated heterocycles. The minimum atomic E-state index is 0.704. The summed E-state index contributed by atoms with van der Waals surface area (Å²) in [6.45, 7) is 3.18. The summed E-state index contributed by atoms with van der Waals surface area (Å²) in [4.78, 5) is 0. The number of nitrogens with zero attached hydrogens (tertiary/aromatic N) is 2. The normalized spacial score (nSPS) is 25.8. The Morgan fingerprint density at radius 1 is 1.38 bits per heavy atom. The molecule has 1 aliphatic rings. The smallest absolute Gasteiger partial charge is 0.0893 e. The first-order valence-corrected chi connectivity index (χ1v) is 7.21. The topological polar surface area (TPSA) is 37.8 Å². The van der Waals surface area contributed by atoms with E-state index in [1.165, 1.54) is 50.1 Å². The van der Waals surface area contributed by atoms with E-state index in [0.717, 1.165) is 18.2 Å². The van der Waals surface area contributed by atoms with Crippen LogP contribution < -0.4 is 5.32 Å². The molecule has 1 aromatic heterocycles. The monoisotopic (exact) mass is 239 g/mol. The van der Waals surface area contributed by atoms with Crippen LogP contribution in [0, 0.1) is 5.92 Å². The molecule has 0 atom stereocenters. The van der Waals surface area contributed by atoms with Crippen molar-refractivity contribution in [3.8, 4) is 0 Å². The fourth-order valence-electron chi connectivity index (χ4n) is 2.57. The van der Waals surface area contributed by atoms with Crippen LogP contribution in [0.25, 0.3) is 0 Å². The maximum absolute atomic E-state index is 4.05. The van der Waals surface area contributed by atoms with Crippen LogP contribution in [0.15, 0.2) is 5.38 Å². The maximum atomic E-state index is 4.05. The molecule has 1 fully saturated rings. The zero-order chi connectivity index (χ0) is 11.2. The van der Waals surface area contributed by atoms with Crippen molar-refractivity contribution in [2.24, 2.45) is 5.92 Å². The largest absolute Gasteiger partial charge is 0.308 e. The summed E-state index contributed by atoms with van der Waals surface area (Å²) >= 11 is 1.43. The van der Waals surface area contributed by atoms with Gasteiger partial charge in [0, 0.05) is 18.0 Å². The second-order valence-electron chi connectivity index (χ2n) is 4.78. The lowest BCUT2D eigenvalue weighted by Gasteiger charge is -2.28. The molecule has 0 amide bonds. The summed E-state index contributed by atoms with van der Waals surface area (Å²) in [7, 11) is 0. The van der Waals surface area contributed by atoms with E-state index in [4.69, 9.17) is 0 Å². The summed E-state index contributed by atoms with van der Waals surface area (Å²) in [6, 6.07) is 0.704. The van der Waals surface area contributed by atoms with Gasteiger partial charge in [0.2, 0.25) is 0 Å². The van der Waals surface area contributed by atoms with Crippen LogP contribution in [0.5, 0.6) is 0 Å². The van der Waals surface area contributed by atoms with Gasteiger partial charge in [0.1, 0.15) is 0 Å². The van der Waals surface area contributed by atoms with Crippen molar-refractivity contribution < 1.29 is 0 Å². The van der Waals surface area contributed by atoms with Crippen LogP contribution >= 0.6 is 11.5 Å². The van der Waals surface area contributed by atoms with Crippen LogP contribution in [-0.2, 0) is 6.54 Å². The predicted octanol–water partition coefficient (Wildman–Crippen LogP) is 2.99. The minimum Gasteiger partial charge on any atom is -0.308 e. The van der Waals surface area contributed by atoms with Crippen LogP contribution in [0.4, 0.5) is 0 Å². The fourth-order valence-corrected chi connectivity index (χ4v) is 3.02. The lowest BCUT2D eigenvalue weighted by molar-refractivity contribution is 0.277. The molecule has 3 nitrogen and oxygen atoms in total. The van der Waals surface area contributed by atoms with E-state index in [2.05, 4.69) is 21.8 Å². The minimum absolute atomic E-state index is 0.704. The third-order valence-corrected chi connectivity index (χ3v) is 4.07. The van der Waals surface area contributed by atoms with E-state index in [1.54, 1.807) is 0 Å². The van der Waals surface area contributed by atoms with Gasteiger partial charge in [-0.3, -0.25) is 0 Å². The Morgan fingerprint density at radius 2 is 2.19 bits per heavy atom. The van der Waals surface area contributed by atoms with Crippen LogP contribution in [0.2, 0.25) is 0 Å². The molecule has 16 heavy (non-hydrogen) atoms. The van der Waals surface area contributed by atoms with E-state index in [0.29, 0.717) is 6.04 Å². The van der Waals surface area contributed by atoms with Gasteiger partial charge in [0.05, 0.1) is 5.69 Å². The first kappa shape index (κ1) is 12.0. The Bertz CT molecular complexity index is 278. The summed E-state index contributed by atoms with van der Waals surface area (Å²) in [6.07, 6.45) is 8.24. The molecule has 1 aliphatic carbocycles. The zero-order valence-corrected chi connectivity index (χ0v) is 10.8. The van der Waals surface area contributed by atoms with Gasteiger partial charge < -0.3 is 5.32 Å². The van der Waals surface area contributed by atoms with Gasteiger partial charge in [0.25, 0.3) is 0 Å². The van der Waals surface area contributed by atoms with E-state index in [9.17, 15) is 0 Å².